The summed E-state index contributed by atoms with van der Waals surface area (Å²) < 4.78 is 49.5. The minimum atomic E-state index is -4.24. The van der Waals surface area contributed by atoms with E-state index in [1.54, 1.807) is 24.4 Å². The molecule has 0 radical (unpaired) electrons. The first kappa shape index (κ1) is 36.7. The van der Waals surface area contributed by atoms with Crippen molar-refractivity contribution in [1.29, 1.82) is 0 Å². The number of imide groups is 1. The molecule has 2 aromatic heterocycles. The number of carbonyl (C=O) groups excluding carboxylic acids is 3. The molecule has 0 spiro atoms. The van der Waals surface area contributed by atoms with Crippen molar-refractivity contribution in [2.75, 3.05) is 57.8 Å². The molecule has 3 N–H and O–H groups in total. The highest BCUT2D eigenvalue weighted by atomic mass is 19.4. The molecule has 0 atom stereocenters. The highest BCUT2D eigenvalue weighted by molar-refractivity contribution is 6.49. The number of carbonyl (C=O) groups is 3. The van der Waals surface area contributed by atoms with E-state index >= 15 is 0 Å². The minimum Gasteiger partial charge on any atom is -0.456 e. The van der Waals surface area contributed by atoms with Crippen molar-refractivity contribution in [3.63, 3.8) is 0 Å². The normalized spacial score (nSPS) is 15.4. The van der Waals surface area contributed by atoms with Crippen molar-refractivity contribution in [1.82, 2.24) is 30.1 Å². The third-order valence-corrected chi connectivity index (χ3v) is 9.45. The lowest BCUT2D eigenvalue weighted by atomic mass is 9.98. The zero-order valence-electron chi connectivity index (χ0n) is 29.2. The molecule has 7 rings (SSSR count). The summed E-state index contributed by atoms with van der Waals surface area (Å²) in [4.78, 5) is 53.0. The van der Waals surface area contributed by atoms with E-state index in [4.69, 9.17) is 9.47 Å². The Morgan fingerprint density at radius 2 is 1.59 bits per heavy atom. The molecule has 1 saturated heterocycles. The molecule has 2 aliphatic heterocycles. The summed E-state index contributed by atoms with van der Waals surface area (Å²) in [5.74, 6) is -1.49. The number of anilines is 1. The van der Waals surface area contributed by atoms with Crippen LogP contribution in [0.5, 0.6) is 11.5 Å². The molecule has 4 heterocycles. The zero-order valence-corrected chi connectivity index (χ0v) is 29.2. The highest BCUT2D eigenvalue weighted by Crippen LogP contribution is 2.32. The van der Waals surface area contributed by atoms with Gasteiger partial charge in [-0.3, -0.25) is 29.5 Å². The molecule has 1 fully saturated rings. The number of hydrogen-bond acceptors (Lipinski definition) is 10. The van der Waals surface area contributed by atoms with Crippen molar-refractivity contribution in [3.8, 4) is 22.6 Å². The summed E-state index contributed by atoms with van der Waals surface area (Å²) in [5.41, 5.74) is 4.63. The van der Waals surface area contributed by atoms with E-state index in [1.807, 2.05) is 24.4 Å². The third-order valence-electron chi connectivity index (χ3n) is 9.45. The number of benzene rings is 3. The van der Waals surface area contributed by atoms with E-state index < -0.39 is 30.2 Å². The predicted molar refractivity (Wildman–Crippen MR) is 194 cm³/mol. The van der Waals surface area contributed by atoms with Gasteiger partial charge < -0.3 is 19.8 Å². The fourth-order valence-electron chi connectivity index (χ4n) is 6.56. The Balaban J connectivity index is 0.834. The summed E-state index contributed by atoms with van der Waals surface area (Å²) in [6.45, 7) is 6.17. The Labute approximate surface area is 308 Å². The van der Waals surface area contributed by atoms with E-state index in [1.165, 1.54) is 11.6 Å². The summed E-state index contributed by atoms with van der Waals surface area (Å²) in [6.07, 6.45) is -1.16. The van der Waals surface area contributed by atoms with Gasteiger partial charge in [0.15, 0.2) is 0 Å². The standard InChI is InChI=1S/C39H38F3N7O5/c40-39(41,42)13-14-43-38-45-23-30-29(22-44-35(30)46-38)26-10-8-25(9-11-26)24-49-17-15-48(16-18-49)19-21-53-20-12-27-4-1-2-6-31(27)54-32-7-3-5-28-33(32)36(51)47-37(52)34(28)50/h1-11,22-23H,12-21,24H2,(H,47,51,52)(H2,43,44,45,46). The van der Waals surface area contributed by atoms with Crippen LogP contribution in [0.3, 0.4) is 0 Å². The number of alkyl halides is 3. The number of piperazine rings is 1. The first-order valence-electron chi connectivity index (χ1n) is 17.7. The van der Waals surface area contributed by atoms with E-state index in [0.29, 0.717) is 31.0 Å². The SMILES string of the molecule is O=C1NC(=O)c2c(Oc3ccccc3CCOCCN3CCN(Cc4ccc(-c5c[nH]c6nc(NCCC(F)(F)F)ncc56)cc4)CC3)cccc2C1=O. The number of nitrogens with one attached hydrogen (secondary N) is 3. The summed E-state index contributed by atoms with van der Waals surface area (Å²) >= 11 is 0. The van der Waals surface area contributed by atoms with Gasteiger partial charge >= 0.3 is 6.18 Å². The Hall–Kier alpha value is -5.64. The molecule has 0 saturated carbocycles. The number of hydrogen-bond donors (Lipinski definition) is 3. The van der Waals surface area contributed by atoms with Crippen LogP contribution in [0.25, 0.3) is 22.2 Å². The predicted octanol–water partition coefficient (Wildman–Crippen LogP) is 5.61. The second-order valence-corrected chi connectivity index (χ2v) is 13.1. The molecule has 0 bridgehead atoms. The highest BCUT2D eigenvalue weighted by Gasteiger charge is 2.33. The first-order valence-corrected chi connectivity index (χ1v) is 17.7. The second-order valence-electron chi connectivity index (χ2n) is 13.1. The van der Waals surface area contributed by atoms with E-state index in [-0.39, 0.29) is 29.4 Å². The molecule has 5 aromatic rings. The minimum absolute atomic E-state index is 0.0256. The van der Waals surface area contributed by atoms with Crippen LogP contribution in [0.4, 0.5) is 19.1 Å². The van der Waals surface area contributed by atoms with Crippen LogP contribution in [-0.4, -0.2) is 101 Å². The molecular weight excluding hydrogens is 703 g/mol. The number of nitrogens with zero attached hydrogens (tertiary/aromatic N) is 4. The van der Waals surface area contributed by atoms with Crippen LogP contribution >= 0.6 is 0 Å². The average molecular weight is 742 g/mol. The van der Waals surface area contributed by atoms with E-state index in [0.717, 1.165) is 61.3 Å². The number of fused-ring (bicyclic) bond motifs is 2. The van der Waals surface area contributed by atoms with Gasteiger partial charge in [0.05, 0.1) is 25.2 Å². The van der Waals surface area contributed by atoms with Gasteiger partial charge in [0.2, 0.25) is 5.95 Å². The Morgan fingerprint density at radius 1 is 0.833 bits per heavy atom. The number of ketones is 1. The smallest absolute Gasteiger partial charge is 0.390 e. The van der Waals surface area contributed by atoms with E-state index in [9.17, 15) is 27.6 Å². The van der Waals surface area contributed by atoms with Crippen LogP contribution in [-0.2, 0) is 22.5 Å². The lowest BCUT2D eigenvalue weighted by molar-refractivity contribution is -0.131. The van der Waals surface area contributed by atoms with Gasteiger partial charge in [-0.2, -0.15) is 18.2 Å². The number of aromatic amines is 1. The maximum absolute atomic E-state index is 12.5. The zero-order chi connectivity index (χ0) is 37.7. The van der Waals surface area contributed by atoms with Crippen molar-refractivity contribution >= 4 is 34.6 Å². The van der Waals surface area contributed by atoms with Crippen molar-refractivity contribution in [2.24, 2.45) is 0 Å². The van der Waals surface area contributed by atoms with Crippen molar-refractivity contribution in [3.05, 3.63) is 101 Å². The van der Waals surface area contributed by atoms with E-state index in [2.05, 4.69) is 59.7 Å². The van der Waals surface area contributed by atoms with Crippen LogP contribution in [0, 0.1) is 0 Å². The maximum Gasteiger partial charge on any atom is 0.390 e. The molecule has 2 aliphatic rings. The van der Waals surface area contributed by atoms with Crippen LogP contribution in [0.2, 0.25) is 0 Å². The molecule has 2 amide bonds. The molecule has 12 nitrogen and oxygen atoms in total. The lowest BCUT2D eigenvalue weighted by Gasteiger charge is -2.34. The quantitative estimate of drug-likeness (QED) is 0.0747. The monoisotopic (exact) mass is 741 g/mol. The van der Waals surface area contributed by atoms with Gasteiger partial charge in [-0.15, -0.1) is 0 Å². The number of para-hydroxylation sites is 1. The number of aromatic nitrogens is 3. The van der Waals surface area contributed by atoms with Crippen molar-refractivity contribution in [2.45, 2.75) is 25.6 Å². The first-order chi connectivity index (χ1) is 26.1. The Morgan fingerprint density at radius 3 is 2.39 bits per heavy atom. The third kappa shape index (κ3) is 8.76. The van der Waals surface area contributed by atoms with Gasteiger partial charge in [0.1, 0.15) is 17.1 Å². The maximum atomic E-state index is 12.5. The number of Topliss-reactive ketones (excluding diaryl/α,β-unsaturated/α-hetero) is 1. The molecule has 54 heavy (non-hydrogen) atoms. The number of H-pyrrole nitrogens is 1. The molecule has 280 valence electrons. The van der Waals surface area contributed by atoms with Gasteiger partial charge in [0.25, 0.3) is 17.6 Å². The number of ether oxygens (including phenoxy) is 2. The molecule has 0 aliphatic carbocycles. The molecule has 0 unspecified atom stereocenters. The second kappa shape index (κ2) is 16.2. The summed E-state index contributed by atoms with van der Waals surface area (Å²) in [7, 11) is 0. The van der Waals surface area contributed by atoms with Crippen LogP contribution < -0.4 is 15.4 Å². The Kier molecular flexibility index (Phi) is 11.0. The summed E-state index contributed by atoms with van der Waals surface area (Å²) in [6, 6.07) is 20.4. The van der Waals surface area contributed by atoms with Gasteiger partial charge in [-0.05, 0) is 41.3 Å². The number of rotatable bonds is 14. The molecule has 3 aromatic carbocycles. The molecule has 15 heteroatoms. The molecular formula is C39H38F3N7O5. The van der Waals surface area contributed by atoms with Gasteiger partial charge in [-0.25, -0.2) is 4.98 Å². The summed E-state index contributed by atoms with van der Waals surface area (Å²) in [5, 5.41) is 5.49. The largest absolute Gasteiger partial charge is 0.456 e. The topological polar surface area (TPSA) is 142 Å². The van der Waals surface area contributed by atoms with Gasteiger partial charge in [0, 0.05) is 74.7 Å². The van der Waals surface area contributed by atoms with Crippen LogP contribution in [0.1, 0.15) is 38.3 Å². The lowest BCUT2D eigenvalue weighted by Crippen LogP contribution is -2.46. The van der Waals surface area contributed by atoms with Crippen molar-refractivity contribution < 1.29 is 37.0 Å². The number of amides is 2. The van der Waals surface area contributed by atoms with Crippen LogP contribution in [0.15, 0.2) is 79.1 Å². The fourth-order valence-corrected chi connectivity index (χ4v) is 6.56. The Bertz CT molecular complexity index is 2150. The number of halogens is 3. The van der Waals surface area contributed by atoms with Gasteiger partial charge in [-0.1, -0.05) is 48.5 Å². The average Bonchev–Trinajstić information content (AvgIpc) is 3.58. The fraction of sp³-hybridized carbons (Fsp3) is 0.308.